The van der Waals surface area contributed by atoms with Gasteiger partial charge in [-0.3, -0.25) is 4.79 Å². The van der Waals surface area contributed by atoms with Gasteiger partial charge < -0.3 is 9.88 Å². The molecule has 0 spiro atoms. The lowest BCUT2D eigenvalue weighted by molar-refractivity contribution is -0.122. The Kier molecular flexibility index (Phi) is 4.52. The molecule has 1 heterocycles. The minimum absolute atomic E-state index is 0.0410. The highest BCUT2D eigenvalue weighted by molar-refractivity contribution is 5.82. The fourth-order valence-electron chi connectivity index (χ4n) is 3.34. The summed E-state index contributed by atoms with van der Waals surface area (Å²) in [6, 6.07) is 14.7. The maximum atomic E-state index is 13.3. The predicted octanol–water partition coefficient (Wildman–Crippen LogP) is 3.49. The number of benzene rings is 2. The molecule has 0 bridgehead atoms. The lowest BCUT2D eigenvalue weighted by Crippen LogP contribution is -2.24. The van der Waals surface area contributed by atoms with Crippen molar-refractivity contribution in [2.24, 2.45) is 5.92 Å². The molecule has 2 aromatic carbocycles. The summed E-state index contributed by atoms with van der Waals surface area (Å²) in [5.41, 5.74) is 3.14. The second-order valence-corrected chi connectivity index (χ2v) is 6.78. The number of hydrogen-bond donors (Lipinski definition) is 1. The maximum Gasteiger partial charge on any atom is 0.224 e. The van der Waals surface area contributed by atoms with Gasteiger partial charge in [0.25, 0.3) is 0 Å². The van der Waals surface area contributed by atoms with E-state index in [0.717, 1.165) is 24.1 Å². The Hall–Kier alpha value is -2.95. The molecule has 1 saturated carbocycles. The summed E-state index contributed by atoms with van der Waals surface area (Å²) < 4.78 is 15.3. The number of imidazole rings is 1. The molecule has 5 heteroatoms. The van der Waals surface area contributed by atoms with Gasteiger partial charge in [-0.25, -0.2) is 9.37 Å². The summed E-state index contributed by atoms with van der Waals surface area (Å²) in [5, 5.41) is 3.01. The first-order valence-corrected chi connectivity index (χ1v) is 8.76. The van der Waals surface area contributed by atoms with Crippen molar-refractivity contribution in [2.75, 3.05) is 0 Å². The van der Waals surface area contributed by atoms with Crippen LogP contribution in [0.3, 0.4) is 0 Å². The summed E-state index contributed by atoms with van der Waals surface area (Å²) in [5.74, 6) is -0.119. The predicted molar refractivity (Wildman–Crippen MR) is 96.9 cm³/mol. The van der Waals surface area contributed by atoms with Crippen LogP contribution in [0.1, 0.15) is 29.0 Å². The van der Waals surface area contributed by atoms with Crippen molar-refractivity contribution >= 4 is 5.91 Å². The van der Waals surface area contributed by atoms with Gasteiger partial charge in [-0.1, -0.05) is 36.4 Å². The molecule has 0 aliphatic heterocycles. The van der Waals surface area contributed by atoms with Crippen LogP contribution < -0.4 is 5.32 Å². The minimum atomic E-state index is -0.247. The molecule has 132 valence electrons. The lowest BCUT2D eigenvalue weighted by atomic mass is 10.1. The number of hydrogen-bond acceptors (Lipinski definition) is 2. The van der Waals surface area contributed by atoms with Crippen LogP contribution in [0.15, 0.2) is 67.3 Å². The van der Waals surface area contributed by atoms with Crippen LogP contribution in [-0.2, 0) is 17.9 Å². The number of rotatable bonds is 6. The molecule has 1 fully saturated rings. The molecule has 0 radical (unpaired) electrons. The molecule has 1 aliphatic carbocycles. The summed E-state index contributed by atoms with van der Waals surface area (Å²) >= 11 is 0. The van der Waals surface area contributed by atoms with Crippen molar-refractivity contribution in [2.45, 2.75) is 25.4 Å². The van der Waals surface area contributed by atoms with Crippen molar-refractivity contribution in [3.8, 4) is 0 Å². The van der Waals surface area contributed by atoms with Gasteiger partial charge in [0.05, 0.1) is 6.33 Å². The van der Waals surface area contributed by atoms with Gasteiger partial charge in [-0.15, -0.1) is 0 Å². The van der Waals surface area contributed by atoms with Crippen LogP contribution in [0.4, 0.5) is 4.39 Å². The fraction of sp³-hybridized carbons (Fsp3) is 0.238. The second-order valence-electron chi connectivity index (χ2n) is 6.78. The van der Waals surface area contributed by atoms with Crippen molar-refractivity contribution < 1.29 is 9.18 Å². The summed E-state index contributed by atoms with van der Waals surface area (Å²) in [6.45, 7) is 1.26. The van der Waals surface area contributed by atoms with Crippen LogP contribution in [0.2, 0.25) is 0 Å². The highest BCUT2D eigenvalue weighted by atomic mass is 19.1. The van der Waals surface area contributed by atoms with E-state index in [4.69, 9.17) is 0 Å². The maximum absolute atomic E-state index is 13.3. The zero-order valence-corrected chi connectivity index (χ0v) is 14.3. The third-order valence-corrected chi connectivity index (χ3v) is 4.79. The first kappa shape index (κ1) is 16.5. The molecule has 1 aromatic heterocycles. The SMILES string of the molecule is O=C(NCc1cccc(Cn2ccnc2)c1)[C@@H]1C[C@@H]1c1cccc(F)c1. The van der Waals surface area contributed by atoms with Gasteiger partial charge in [0.1, 0.15) is 5.82 Å². The van der Waals surface area contributed by atoms with E-state index in [-0.39, 0.29) is 23.6 Å². The second kappa shape index (κ2) is 7.12. The fourth-order valence-corrected chi connectivity index (χ4v) is 3.34. The first-order chi connectivity index (χ1) is 12.7. The Morgan fingerprint density at radius 2 is 2.04 bits per heavy atom. The standard InChI is InChI=1S/C21H20FN3O/c22-18-6-2-5-17(10-18)19-11-20(19)21(26)24-12-15-3-1-4-16(9-15)13-25-8-7-23-14-25/h1-10,14,19-20H,11-13H2,(H,24,26)/t19-,20-/m1/s1. The topological polar surface area (TPSA) is 46.9 Å². The van der Waals surface area contributed by atoms with Gasteiger partial charge in [0.2, 0.25) is 5.91 Å². The van der Waals surface area contributed by atoms with Gasteiger partial charge >= 0.3 is 0 Å². The number of nitrogens with one attached hydrogen (secondary N) is 1. The van der Waals surface area contributed by atoms with E-state index in [9.17, 15) is 9.18 Å². The van der Waals surface area contributed by atoms with Gasteiger partial charge in [0, 0.05) is 31.4 Å². The van der Waals surface area contributed by atoms with Crippen LogP contribution in [0.5, 0.6) is 0 Å². The molecule has 4 nitrogen and oxygen atoms in total. The van der Waals surface area contributed by atoms with E-state index < -0.39 is 0 Å². The molecule has 1 aliphatic rings. The molecule has 3 aromatic rings. The Morgan fingerprint density at radius 3 is 2.85 bits per heavy atom. The molecule has 26 heavy (non-hydrogen) atoms. The Balaban J connectivity index is 1.32. The van der Waals surface area contributed by atoms with E-state index in [1.54, 1.807) is 18.6 Å². The van der Waals surface area contributed by atoms with Gasteiger partial charge in [-0.05, 0) is 41.2 Å². The van der Waals surface area contributed by atoms with Crippen molar-refractivity contribution in [1.29, 1.82) is 0 Å². The van der Waals surface area contributed by atoms with E-state index in [1.165, 1.54) is 17.7 Å². The molecule has 4 rings (SSSR count). The highest BCUT2D eigenvalue weighted by Crippen LogP contribution is 2.47. The molecule has 1 amide bonds. The van der Waals surface area contributed by atoms with Crippen LogP contribution >= 0.6 is 0 Å². The number of carbonyl (C=O) groups excluding carboxylic acids is 1. The number of carbonyl (C=O) groups is 1. The van der Waals surface area contributed by atoms with E-state index in [0.29, 0.717) is 6.54 Å². The molecular formula is C21H20FN3O. The largest absolute Gasteiger partial charge is 0.352 e. The minimum Gasteiger partial charge on any atom is -0.352 e. The van der Waals surface area contributed by atoms with Crippen LogP contribution in [0, 0.1) is 11.7 Å². The van der Waals surface area contributed by atoms with E-state index in [1.807, 2.05) is 29.0 Å². The van der Waals surface area contributed by atoms with E-state index in [2.05, 4.69) is 22.4 Å². The third kappa shape index (κ3) is 3.82. The number of nitrogens with zero attached hydrogens (tertiary/aromatic N) is 2. The number of amides is 1. The van der Waals surface area contributed by atoms with Crippen molar-refractivity contribution in [3.05, 3.63) is 89.8 Å². The van der Waals surface area contributed by atoms with Crippen molar-refractivity contribution in [1.82, 2.24) is 14.9 Å². The van der Waals surface area contributed by atoms with Gasteiger partial charge in [0.15, 0.2) is 0 Å². The average Bonchev–Trinajstić information content (AvgIpc) is 3.30. The lowest BCUT2D eigenvalue weighted by Gasteiger charge is -2.08. The highest BCUT2D eigenvalue weighted by Gasteiger charge is 2.43. The Morgan fingerprint density at radius 1 is 1.19 bits per heavy atom. The zero-order valence-electron chi connectivity index (χ0n) is 14.3. The number of aromatic nitrogens is 2. The summed E-state index contributed by atoms with van der Waals surface area (Å²) in [4.78, 5) is 16.4. The van der Waals surface area contributed by atoms with Crippen molar-refractivity contribution in [3.63, 3.8) is 0 Å². The van der Waals surface area contributed by atoms with Gasteiger partial charge in [-0.2, -0.15) is 0 Å². The molecule has 0 unspecified atom stereocenters. The van der Waals surface area contributed by atoms with Crippen LogP contribution in [-0.4, -0.2) is 15.5 Å². The molecular weight excluding hydrogens is 329 g/mol. The normalized spacial score (nSPS) is 18.5. The third-order valence-electron chi connectivity index (χ3n) is 4.79. The smallest absolute Gasteiger partial charge is 0.224 e. The molecule has 1 N–H and O–H groups in total. The molecule has 2 atom stereocenters. The zero-order chi connectivity index (χ0) is 17.9. The summed E-state index contributed by atoms with van der Waals surface area (Å²) in [6.07, 6.45) is 6.26. The summed E-state index contributed by atoms with van der Waals surface area (Å²) in [7, 11) is 0. The Labute approximate surface area is 151 Å². The van der Waals surface area contributed by atoms with E-state index >= 15 is 0 Å². The first-order valence-electron chi connectivity index (χ1n) is 8.76. The Bertz CT molecular complexity index is 907. The average molecular weight is 349 g/mol. The quantitative estimate of drug-likeness (QED) is 0.740. The number of halogens is 1. The van der Waals surface area contributed by atoms with Crippen LogP contribution in [0.25, 0.3) is 0 Å². The molecule has 0 saturated heterocycles. The monoisotopic (exact) mass is 349 g/mol.